The van der Waals surface area contributed by atoms with Gasteiger partial charge in [-0.1, -0.05) is 30.3 Å². The van der Waals surface area contributed by atoms with Gasteiger partial charge < -0.3 is 10.4 Å². The third-order valence-corrected chi connectivity index (χ3v) is 6.84. The Kier molecular flexibility index (Phi) is 5.75. The van der Waals surface area contributed by atoms with Crippen LogP contribution in [0.25, 0.3) is 0 Å². The maximum Gasteiger partial charge on any atom is 0.322 e. The average Bonchev–Trinajstić information content (AvgIpc) is 3.09. The summed E-state index contributed by atoms with van der Waals surface area (Å²) in [4.78, 5) is 25.6. The number of aliphatic hydroxyl groups is 1. The van der Waals surface area contributed by atoms with Gasteiger partial charge in [-0.3, -0.25) is 9.80 Å². The zero-order chi connectivity index (χ0) is 21.2. The van der Waals surface area contributed by atoms with Crippen molar-refractivity contribution >= 4 is 11.7 Å². The van der Waals surface area contributed by atoms with E-state index < -0.39 is 0 Å². The molecular formula is C23H31N5O2. The maximum atomic E-state index is 12.8. The molecule has 0 bridgehead atoms. The van der Waals surface area contributed by atoms with E-state index >= 15 is 0 Å². The van der Waals surface area contributed by atoms with Crippen LogP contribution in [0.2, 0.25) is 0 Å². The number of aryl methyl sites for hydroxylation is 1. The molecule has 7 heteroatoms. The fraction of sp³-hybridized carbons (Fsp3) is 0.522. The van der Waals surface area contributed by atoms with Crippen molar-refractivity contribution in [2.75, 3.05) is 32.1 Å². The molecule has 0 radical (unpaired) electrons. The van der Waals surface area contributed by atoms with Crippen molar-refractivity contribution in [1.29, 1.82) is 0 Å². The van der Waals surface area contributed by atoms with E-state index in [9.17, 15) is 4.79 Å². The van der Waals surface area contributed by atoms with Gasteiger partial charge in [0.05, 0.1) is 30.2 Å². The number of aromatic nitrogens is 2. The number of rotatable bonds is 6. The fourth-order valence-corrected chi connectivity index (χ4v) is 4.94. The number of nitrogens with one attached hydrogen (secondary N) is 1. The van der Waals surface area contributed by atoms with Gasteiger partial charge in [-0.2, -0.15) is 0 Å². The minimum absolute atomic E-state index is 0.00211. The number of amides is 2. The molecule has 30 heavy (non-hydrogen) atoms. The molecule has 4 rings (SSSR count). The minimum Gasteiger partial charge on any atom is -0.396 e. The number of hydrogen-bond acceptors (Lipinski definition) is 5. The molecule has 2 N–H and O–H groups in total. The van der Waals surface area contributed by atoms with Crippen molar-refractivity contribution in [1.82, 2.24) is 20.2 Å². The molecule has 1 aliphatic heterocycles. The number of carbonyl (C=O) groups is 1. The second-order valence-corrected chi connectivity index (χ2v) is 8.77. The number of aliphatic hydroxyl groups excluding tert-OH is 1. The van der Waals surface area contributed by atoms with E-state index in [0.29, 0.717) is 25.2 Å². The van der Waals surface area contributed by atoms with Crippen molar-refractivity contribution in [2.45, 2.75) is 49.6 Å². The summed E-state index contributed by atoms with van der Waals surface area (Å²) in [6, 6.07) is 10.6. The summed E-state index contributed by atoms with van der Waals surface area (Å²) in [5.41, 5.74) is 1.87. The average molecular weight is 410 g/mol. The van der Waals surface area contributed by atoms with Gasteiger partial charge in [0.15, 0.2) is 0 Å². The van der Waals surface area contributed by atoms with E-state index in [1.807, 2.05) is 0 Å². The van der Waals surface area contributed by atoms with Gasteiger partial charge in [-0.05, 0) is 51.8 Å². The summed E-state index contributed by atoms with van der Waals surface area (Å²) in [6.45, 7) is 0.767. The number of benzene rings is 1. The predicted octanol–water partition coefficient (Wildman–Crippen LogP) is 2.70. The first-order valence-corrected chi connectivity index (χ1v) is 10.7. The summed E-state index contributed by atoms with van der Waals surface area (Å²) < 4.78 is 0. The van der Waals surface area contributed by atoms with Crippen LogP contribution in [0.5, 0.6) is 0 Å². The van der Waals surface area contributed by atoms with Crippen LogP contribution >= 0.6 is 0 Å². The summed E-state index contributed by atoms with van der Waals surface area (Å²) >= 11 is 0. The topological polar surface area (TPSA) is 81.6 Å². The van der Waals surface area contributed by atoms with Gasteiger partial charge in [0.2, 0.25) is 0 Å². The molecule has 2 aliphatic rings. The van der Waals surface area contributed by atoms with Crippen molar-refractivity contribution < 1.29 is 9.90 Å². The SMILES string of the molecule is CN(C)C1(c2ccccc2)CCC2(CC1)CN(c1cnc(CCCO)nc1)C(=O)N2. The number of urea groups is 1. The molecule has 160 valence electrons. The van der Waals surface area contributed by atoms with Crippen LogP contribution in [0, 0.1) is 0 Å². The Balaban J connectivity index is 1.48. The molecule has 1 spiro atoms. The third-order valence-electron chi connectivity index (χ3n) is 6.84. The highest BCUT2D eigenvalue weighted by Gasteiger charge is 2.50. The molecule has 1 saturated carbocycles. The summed E-state index contributed by atoms with van der Waals surface area (Å²) in [5.74, 6) is 0.693. The van der Waals surface area contributed by atoms with Crippen LogP contribution in [0.15, 0.2) is 42.7 Å². The third kappa shape index (κ3) is 3.79. The molecule has 2 fully saturated rings. The predicted molar refractivity (Wildman–Crippen MR) is 116 cm³/mol. The van der Waals surface area contributed by atoms with Crippen molar-refractivity contribution in [2.24, 2.45) is 0 Å². The molecule has 1 aliphatic carbocycles. The Morgan fingerprint density at radius 1 is 1.10 bits per heavy atom. The molecule has 1 saturated heterocycles. The zero-order valence-electron chi connectivity index (χ0n) is 17.8. The fourth-order valence-electron chi connectivity index (χ4n) is 4.94. The molecule has 0 unspecified atom stereocenters. The summed E-state index contributed by atoms with van der Waals surface area (Å²) in [5, 5.41) is 12.2. The van der Waals surface area contributed by atoms with Crippen LogP contribution in [-0.2, 0) is 12.0 Å². The zero-order valence-corrected chi connectivity index (χ0v) is 17.8. The van der Waals surface area contributed by atoms with Crippen molar-refractivity contribution in [3.05, 3.63) is 54.1 Å². The highest BCUT2D eigenvalue weighted by Crippen LogP contribution is 2.46. The van der Waals surface area contributed by atoms with Gasteiger partial charge in [0.25, 0.3) is 0 Å². The van der Waals surface area contributed by atoms with E-state index in [1.54, 1.807) is 17.3 Å². The lowest BCUT2D eigenvalue weighted by atomic mass is 9.69. The lowest BCUT2D eigenvalue weighted by Gasteiger charge is -2.48. The number of nitrogens with zero attached hydrogens (tertiary/aromatic N) is 4. The lowest BCUT2D eigenvalue weighted by molar-refractivity contribution is 0.0658. The summed E-state index contributed by atoms with van der Waals surface area (Å²) in [6.07, 6.45) is 8.56. The molecule has 0 atom stereocenters. The highest BCUT2D eigenvalue weighted by molar-refractivity contribution is 5.95. The Morgan fingerprint density at radius 3 is 2.37 bits per heavy atom. The van der Waals surface area contributed by atoms with Crippen LogP contribution < -0.4 is 10.2 Å². The van der Waals surface area contributed by atoms with Crippen LogP contribution in [0.1, 0.15) is 43.5 Å². The standard InChI is InChI=1S/C23H31N5O2/c1-27(2)23(18-7-4-3-5-8-18)12-10-22(11-13-23)17-28(21(30)26-22)19-15-24-20(25-16-19)9-6-14-29/h3-5,7-8,15-16,29H,6,9-14,17H2,1-2H3,(H,26,30). The van der Waals surface area contributed by atoms with Gasteiger partial charge in [0.1, 0.15) is 5.82 Å². The molecule has 2 amide bonds. The second kappa shape index (κ2) is 8.32. The van der Waals surface area contributed by atoms with E-state index in [2.05, 4.69) is 64.6 Å². The van der Waals surface area contributed by atoms with Crippen LogP contribution in [0.4, 0.5) is 10.5 Å². The quantitative estimate of drug-likeness (QED) is 0.767. The number of anilines is 1. The van der Waals surface area contributed by atoms with Gasteiger partial charge in [0, 0.05) is 18.6 Å². The molecule has 2 heterocycles. The van der Waals surface area contributed by atoms with E-state index in [4.69, 9.17) is 5.11 Å². The first-order chi connectivity index (χ1) is 14.5. The highest BCUT2D eigenvalue weighted by atomic mass is 16.3. The first-order valence-electron chi connectivity index (χ1n) is 10.7. The maximum absolute atomic E-state index is 12.8. The summed E-state index contributed by atoms with van der Waals surface area (Å²) in [7, 11) is 4.31. The smallest absolute Gasteiger partial charge is 0.322 e. The van der Waals surface area contributed by atoms with Crippen LogP contribution in [-0.4, -0.2) is 58.8 Å². The molecular weight excluding hydrogens is 378 g/mol. The minimum atomic E-state index is -0.207. The number of carbonyl (C=O) groups excluding carboxylic acids is 1. The van der Waals surface area contributed by atoms with E-state index in [0.717, 1.165) is 31.4 Å². The molecule has 2 aromatic rings. The van der Waals surface area contributed by atoms with Crippen molar-refractivity contribution in [3.8, 4) is 0 Å². The second-order valence-electron chi connectivity index (χ2n) is 8.77. The monoisotopic (exact) mass is 409 g/mol. The number of hydrogen-bond donors (Lipinski definition) is 2. The Hall–Kier alpha value is -2.51. The van der Waals surface area contributed by atoms with Gasteiger partial charge in [-0.25, -0.2) is 14.8 Å². The van der Waals surface area contributed by atoms with Gasteiger partial charge in [-0.15, -0.1) is 0 Å². The van der Waals surface area contributed by atoms with Gasteiger partial charge >= 0.3 is 6.03 Å². The normalized spacial score (nSPS) is 26.4. The van der Waals surface area contributed by atoms with Crippen molar-refractivity contribution in [3.63, 3.8) is 0 Å². The van der Waals surface area contributed by atoms with E-state index in [-0.39, 0.29) is 23.7 Å². The van der Waals surface area contributed by atoms with E-state index in [1.165, 1.54) is 5.56 Å². The first kappa shape index (κ1) is 20.8. The Bertz CT molecular complexity index is 861. The molecule has 1 aromatic carbocycles. The Labute approximate surface area is 178 Å². The lowest BCUT2D eigenvalue weighted by Crippen LogP contribution is -2.54. The van der Waals surface area contributed by atoms with Crippen LogP contribution in [0.3, 0.4) is 0 Å². The Morgan fingerprint density at radius 2 is 1.77 bits per heavy atom. The largest absolute Gasteiger partial charge is 0.396 e. The molecule has 7 nitrogen and oxygen atoms in total. The molecule has 1 aromatic heterocycles.